The lowest BCUT2D eigenvalue weighted by Crippen LogP contribution is -2.28. The molecule has 0 heterocycles. The number of ether oxygens (including phenoxy) is 1. The molecule has 2 aromatic rings. The van der Waals surface area contributed by atoms with Crippen molar-refractivity contribution in [1.82, 2.24) is 5.32 Å². The number of rotatable bonds is 5. The summed E-state index contributed by atoms with van der Waals surface area (Å²) in [5.41, 5.74) is 2.01. The quantitative estimate of drug-likeness (QED) is 0.891. The minimum absolute atomic E-state index is 0.00396. The lowest BCUT2D eigenvalue weighted by Gasteiger charge is -2.15. The fraction of sp³-hybridized carbons (Fsp3) is 0.235. The second-order valence-electron chi connectivity index (χ2n) is 4.87. The third-order valence-corrected chi connectivity index (χ3v) is 3.72. The first kappa shape index (κ1) is 15.6. The third kappa shape index (κ3) is 4.60. The second-order valence-corrected chi connectivity index (χ2v) is 5.79. The first-order valence-electron chi connectivity index (χ1n) is 6.76. The van der Waals surface area contributed by atoms with E-state index >= 15 is 0 Å². The summed E-state index contributed by atoms with van der Waals surface area (Å²) in [5.74, 6) is 0.760. The van der Waals surface area contributed by atoms with E-state index in [1.807, 2.05) is 55.5 Å². The van der Waals surface area contributed by atoms with Crippen LogP contribution in [-0.4, -0.2) is 13.0 Å². The summed E-state index contributed by atoms with van der Waals surface area (Å²) in [6.45, 7) is 1.98. The molecular weight excluding hydrogens is 330 g/mol. The number of carbonyl (C=O) groups excluding carboxylic acids is 1. The molecule has 0 saturated heterocycles. The summed E-state index contributed by atoms with van der Waals surface area (Å²) < 4.78 is 6.17. The molecule has 2 rings (SSSR count). The Morgan fingerprint density at radius 1 is 1.24 bits per heavy atom. The van der Waals surface area contributed by atoms with Crippen molar-refractivity contribution in [3.8, 4) is 5.75 Å². The van der Waals surface area contributed by atoms with Crippen LogP contribution in [0, 0.1) is 0 Å². The van der Waals surface area contributed by atoms with Gasteiger partial charge in [-0.25, -0.2) is 0 Å². The van der Waals surface area contributed by atoms with Crippen LogP contribution in [0.3, 0.4) is 0 Å². The smallest absolute Gasteiger partial charge is 0.224 e. The summed E-state index contributed by atoms with van der Waals surface area (Å²) in [6.07, 6.45) is 0.343. The van der Waals surface area contributed by atoms with E-state index in [-0.39, 0.29) is 11.9 Å². The van der Waals surface area contributed by atoms with Gasteiger partial charge in [0.1, 0.15) is 5.75 Å². The van der Waals surface area contributed by atoms with Gasteiger partial charge in [-0.2, -0.15) is 0 Å². The monoisotopic (exact) mass is 347 g/mol. The van der Waals surface area contributed by atoms with Crippen molar-refractivity contribution in [3.63, 3.8) is 0 Å². The molecule has 0 aliphatic heterocycles. The number of methoxy groups -OCH3 is 1. The Hall–Kier alpha value is -1.81. The lowest BCUT2D eigenvalue weighted by atomic mass is 10.1. The highest BCUT2D eigenvalue weighted by molar-refractivity contribution is 9.10. The highest BCUT2D eigenvalue weighted by atomic mass is 79.9. The van der Waals surface area contributed by atoms with Gasteiger partial charge >= 0.3 is 0 Å². The zero-order valence-electron chi connectivity index (χ0n) is 12.1. The predicted molar refractivity (Wildman–Crippen MR) is 87.4 cm³/mol. The van der Waals surface area contributed by atoms with E-state index in [9.17, 15) is 4.79 Å². The standard InChI is InChI=1S/C17H18BrNO2/c1-12(14-6-4-7-15(18)11-14)19-17(20)10-13-5-3-8-16(9-13)21-2/h3-9,11-12H,10H2,1-2H3,(H,19,20)/t12-/m1/s1. The van der Waals surface area contributed by atoms with Gasteiger partial charge in [0.25, 0.3) is 0 Å². The lowest BCUT2D eigenvalue weighted by molar-refractivity contribution is -0.121. The van der Waals surface area contributed by atoms with Crippen LogP contribution < -0.4 is 10.1 Å². The first-order valence-corrected chi connectivity index (χ1v) is 7.55. The molecule has 0 aliphatic rings. The summed E-state index contributed by atoms with van der Waals surface area (Å²) in [7, 11) is 1.62. The van der Waals surface area contributed by atoms with Crippen molar-refractivity contribution in [3.05, 3.63) is 64.1 Å². The van der Waals surface area contributed by atoms with Crippen LogP contribution in [0.1, 0.15) is 24.1 Å². The summed E-state index contributed by atoms with van der Waals surface area (Å²) in [5, 5.41) is 3.01. The fourth-order valence-corrected chi connectivity index (χ4v) is 2.54. The Morgan fingerprint density at radius 3 is 2.71 bits per heavy atom. The zero-order chi connectivity index (χ0) is 15.2. The molecule has 4 heteroatoms. The predicted octanol–water partition coefficient (Wildman–Crippen LogP) is 3.88. The molecule has 0 bridgehead atoms. The molecule has 1 atom stereocenters. The number of amides is 1. The molecule has 0 aliphatic carbocycles. The minimum atomic E-state index is -0.0272. The molecule has 0 fully saturated rings. The van der Waals surface area contributed by atoms with Gasteiger partial charge in [0.05, 0.1) is 19.6 Å². The SMILES string of the molecule is COc1cccc(CC(=O)N[C@H](C)c2cccc(Br)c2)c1. The first-order chi connectivity index (χ1) is 10.1. The van der Waals surface area contributed by atoms with Gasteiger partial charge in [-0.15, -0.1) is 0 Å². The summed E-state index contributed by atoms with van der Waals surface area (Å²) >= 11 is 3.44. The van der Waals surface area contributed by atoms with E-state index < -0.39 is 0 Å². The van der Waals surface area contributed by atoms with Crippen LogP contribution >= 0.6 is 15.9 Å². The fourth-order valence-electron chi connectivity index (χ4n) is 2.12. The molecule has 0 saturated carbocycles. The van der Waals surface area contributed by atoms with Gasteiger partial charge in [0.2, 0.25) is 5.91 Å². The van der Waals surface area contributed by atoms with Gasteiger partial charge < -0.3 is 10.1 Å². The number of hydrogen-bond donors (Lipinski definition) is 1. The van der Waals surface area contributed by atoms with Gasteiger partial charge in [-0.05, 0) is 42.3 Å². The van der Waals surface area contributed by atoms with Crippen molar-refractivity contribution < 1.29 is 9.53 Å². The number of benzene rings is 2. The van der Waals surface area contributed by atoms with Gasteiger partial charge in [0, 0.05) is 4.47 Å². The molecule has 1 N–H and O–H groups in total. The van der Waals surface area contributed by atoms with E-state index in [4.69, 9.17) is 4.74 Å². The van der Waals surface area contributed by atoms with Crippen LogP contribution in [0.15, 0.2) is 53.0 Å². The molecule has 0 spiro atoms. The topological polar surface area (TPSA) is 38.3 Å². The molecule has 21 heavy (non-hydrogen) atoms. The van der Waals surface area contributed by atoms with E-state index in [2.05, 4.69) is 21.2 Å². The summed E-state index contributed by atoms with van der Waals surface area (Å²) in [4.78, 5) is 12.1. The van der Waals surface area contributed by atoms with Gasteiger partial charge in [-0.3, -0.25) is 4.79 Å². The Morgan fingerprint density at radius 2 is 2.00 bits per heavy atom. The highest BCUT2D eigenvalue weighted by Gasteiger charge is 2.10. The third-order valence-electron chi connectivity index (χ3n) is 3.22. The molecule has 0 aromatic heterocycles. The normalized spacial score (nSPS) is 11.8. The van der Waals surface area contributed by atoms with Crippen LogP contribution in [0.4, 0.5) is 0 Å². The molecular formula is C17H18BrNO2. The van der Waals surface area contributed by atoms with Gasteiger partial charge in [-0.1, -0.05) is 40.2 Å². The van der Waals surface area contributed by atoms with Crippen LogP contribution in [0.25, 0.3) is 0 Å². The zero-order valence-corrected chi connectivity index (χ0v) is 13.7. The summed E-state index contributed by atoms with van der Waals surface area (Å²) in [6, 6.07) is 15.5. The molecule has 110 valence electrons. The van der Waals surface area contributed by atoms with Crippen LogP contribution in [-0.2, 0) is 11.2 Å². The second kappa shape index (κ2) is 7.27. The van der Waals surface area contributed by atoms with Crippen molar-refractivity contribution in [1.29, 1.82) is 0 Å². The number of halogens is 1. The molecule has 1 amide bonds. The van der Waals surface area contributed by atoms with Crippen molar-refractivity contribution in [2.45, 2.75) is 19.4 Å². The van der Waals surface area contributed by atoms with E-state index in [1.165, 1.54) is 0 Å². The van der Waals surface area contributed by atoms with Crippen molar-refractivity contribution in [2.75, 3.05) is 7.11 Å². The van der Waals surface area contributed by atoms with Gasteiger partial charge in [0.15, 0.2) is 0 Å². The molecule has 0 radical (unpaired) electrons. The maximum atomic E-state index is 12.1. The maximum absolute atomic E-state index is 12.1. The average molecular weight is 348 g/mol. The molecule has 3 nitrogen and oxygen atoms in total. The number of carbonyl (C=O) groups is 1. The number of nitrogens with one attached hydrogen (secondary N) is 1. The Labute approximate surface area is 133 Å². The van der Waals surface area contributed by atoms with E-state index in [1.54, 1.807) is 7.11 Å². The Kier molecular flexibility index (Phi) is 5.39. The maximum Gasteiger partial charge on any atom is 0.224 e. The minimum Gasteiger partial charge on any atom is -0.497 e. The number of hydrogen-bond acceptors (Lipinski definition) is 2. The van der Waals surface area contributed by atoms with Crippen LogP contribution in [0.5, 0.6) is 5.75 Å². The largest absolute Gasteiger partial charge is 0.497 e. The highest BCUT2D eigenvalue weighted by Crippen LogP contribution is 2.18. The van der Waals surface area contributed by atoms with E-state index in [0.29, 0.717) is 6.42 Å². The Balaban J connectivity index is 1.97. The van der Waals surface area contributed by atoms with E-state index in [0.717, 1.165) is 21.3 Å². The molecule has 2 aromatic carbocycles. The molecule has 0 unspecified atom stereocenters. The Bertz CT molecular complexity index is 628. The average Bonchev–Trinajstić information content (AvgIpc) is 2.47. The van der Waals surface area contributed by atoms with Crippen molar-refractivity contribution >= 4 is 21.8 Å². The van der Waals surface area contributed by atoms with Crippen molar-refractivity contribution in [2.24, 2.45) is 0 Å². The van der Waals surface area contributed by atoms with Crippen LogP contribution in [0.2, 0.25) is 0 Å².